The average Bonchev–Trinajstić information content (AvgIpc) is 2.88. The van der Waals surface area contributed by atoms with Crippen LogP contribution in [0.15, 0.2) is 28.8 Å². The average molecular weight is 364 g/mol. The summed E-state index contributed by atoms with van der Waals surface area (Å²) >= 11 is 0. The van der Waals surface area contributed by atoms with Gasteiger partial charge in [0.1, 0.15) is 11.5 Å². The molecule has 0 radical (unpaired) electrons. The third-order valence-corrected chi connectivity index (χ3v) is 5.48. The molecule has 2 rings (SSSR count). The van der Waals surface area contributed by atoms with Gasteiger partial charge in [0.15, 0.2) is 9.84 Å². The summed E-state index contributed by atoms with van der Waals surface area (Å²) in [5.74, 6) is -0.618. The van der Waals surface area contributed by atoms with E-state index in [1.165, 1.54) is 4.90 Å². The lowest BCUT2D eigenvalue weighted by molar-refractivity contribution is -0.127. The van der Waals surface area contributed by atoms with Gasteiger partial charge in [0.05, 0.1) is 11.4 Å². The number of amides is 1. The molecule has 25 heavy (non-hydrogen) atoms. The minimum absolute atomic E-state index is 0.227. The number of sulfone groups is 1. The van der Waals surface area contributed by atoms with Gasteiger partial charge in [0.2, 0.25) is 5.91 Å². The maximum absolute atomic E-state index is 12.4. The Hall–Kier alpha value is -2.15. The molecule has 0 spiro atoms. The normalized spacial score (nSPS) is 11.5. The van der Waals surface area contributed by atoms with Crippen molar-refractivity contribution < 1.29 is 17.7 Å². The zero-order valence-corrected chi connectivity index (χ0v) is 15.9. The van der Waals surface area contributed by atoms with Gasteiger partial charge in [-0.1, -0.05) is 41.9 Å². The van der Waals surface area contributed by atoms with E-state index in [0.717, 1.165) is 11.1 Å². The highest BCUT2D eigenvalue weighted by molar-refractivity contribution is 7.91. The van der Waals surface area contributed by atoms with Gasteiger partial charge in [-0.3, -0.25) is 4.79 Å². The molecule has 0 saturated carbocycles. The molecule has 0 aliphatic rings. The van der Waals surface area contributed by atoms with Crippen molar-refractivity contribution in [2.24, 2.45) is 0 Å². The van der Waals surface area contributed by atoms with Crippen LogP contribution in [0.5, 0.6) is 0 Å². The molecule has 2 aromatic rings. The van der Waals surface area contributed by atoms with Gasteiger partial charge in [-0.05, 0) is 19.4 Å². The van der Waals surface area contributed by atoms with Crippen LogP contribution in [0.25, 0.3) is 0 Å². The molecule has 1 aromatic carbocycles. The number of benzene rings is 1. The van der Waals surface area contributed by atoms with E-state index in [9.17, 15) is 13.2 Å². The van der Waals surface area contributed by atoms with E-state index >= 15 is 0 Å². The lowest BCUT2D eigenvalue weighted by Crippen LogP contribution is -2.32. The first-order chi connectivity index (χ1) is 11.7. The Bertz CT molecular complexity index is 838. The summed E-state index contributed by atoms with van der Waals surface area (Å²) in [5, 5.41) is 3.81. The Morgan fingerprint density at radius 3 is 2.44 bits per heavy atom. The summed E-state index contributed by atoms with van der Waals surface area (Å²) in [7, 11) is -1.98. The molecule has 1 aromatic heterocycles. The first-order valence-electron chi connectivity index (χ1n) is 8.15. The molecule has 0 atom stereocenters. The lowest BCUT2D eigenvalue weighted by atomic mass is 10.1. The smallest absolute Gasteiger partial charge is 0.237 e. The molecule has 0 N–H and O–H groups in total. The fourth-order valence-electron chi connectivity index (χ4n) is 2.52. The Morgan fingerprint density at radius 1 is 1.20 bits per heavy atom. The van der Waals surface area contributed by atoms with Crippen LogP contribution >= 0.6 is 0 Å². The van der Waals surface area contributed by atoms with Gasteiger partial charge in [-0.25, -0.2) is 8.42 Å². The summed E-state index contributed by atoms with van der Waals surface area (Å²) in [5.41, 5.74) is 3.22. The Balaban J connectivity index is 2.02. The van der Waals surface area contributed by atoms with Crippen LogP contribution in [0, 0.1) is 13.8 Å². The molecule has 0 saturated heterocycles. The van der Waals surface area contributed by atoms with E-state index in [1.807, 2.05) is 38.1 Å². The predicted molar refractivity (Wildman–Crippen MR) is 95.8 cm³/mol. The van der Waals surface area contributed by atoms with Gasteiger partial charge < -0.3 is 9.42 Å². The SMILES string of the molecule is CCc1onc(C)c1CS(=O)(=O)CC(=O)N(C)Cc1ccc(C)cc1. The van der Waals surface area contributed by atoms with Crippen LogP contribution in [-0.4, -0.2) is 37.2 Å². The molecule has 1 amide bonds. The molecule has 0 unspecified atom stereocenters. The van der Waals surface area contributed by atoms with Crippen LogP contribution in [0.2, 0.25) is 0 Å². The van der Waals surface area contributed by atoms with E-state index in [1.54, 1.807) is 14.0 Å². The van der Waals surface area contributed by atoms with Crippen LogP contribution in [-0.2, 0) is 33.4 Å². The maximum atomic E-state index is 12.4. The van der Waals surface area contributed by atoms with Crippen LogP contribution in [0.4, 0.5) is 0 Å². The summed E-state index contributed by atoms with van der Waals surface area (Å²) in [4.78, 5) is 13.7. The fourth-order valence-corrected chi connectivity index (χ4v) is 4.03. The van der Waals surface area contributed by atoms with Crippen molar-refractivity contribution in [2.75, 3.05) is 12.8 Å². The van der Waals surface area contributed by atoms with Crippen LogP contribution < -0.4 is 0 Å². The van der Waals surface area contributed by atoms with Crippen molar-refractivity contribution in [2.45, 2.75) is 39.5 Å². The molecular formula is C18H24N2O4S. The monoisotopic (exact) mass is 364 g/mol. The van der Waals surface area contributed by atoms with Gasteiger partial charge in [-0.15, -0.1) is 0 Å². The van der Waals surface area contributed by atoms with E-state index in [-0.39, 0.29) is 5.75 Å². The molecule has 0 fully saturated rings. The zero-order valence-electron chi connectivity index (χ0n) is 15.1. The summed E-state index contributed by atoms with van der Waals surface area (Å²) in [6, 6.07) is 7.79. The van der Waals surface area contributed by atoms with Crippen LogP contribution in [0.1, 0.15) is 35.1 Å². The Morgan fingerprint density at radius 2 is 1.84 bits per heavy atom. The number of carbonyl (C=O) groups is 1. The molecule has 1 heterocycles. The molecule has 6 nitrogen and oxygen atoms in total. The minimum atomic E-state index is -3.59. The van der Waals surface area contributed by atoms with E-state index in [4.69, 9.17) is 4.52 Å². The molecule has 7 heteroatoms. The zero-order chi connectivity index (χ0) is 18.6. The first kappa shape index (κ1) is 19.2. The molecule has 0 aliphatic carbocycles. The largest absolute Gasteiger partial charge is 0.361 e. The lowest BCUT2D eigenvalue weighted by Gasteiger charge is -2.17. The van der Waals surface area contributed by atoms with E-state index in [2.05, 4.69) is 5.16 Å². The van der Waals surface area contributed by atoms with Crippen molar-refractivity contribution in [1.29, 1.82) is 0 Å². The molecular weight excluding hydrogens is 340 g/mol. The second-order valence-corrected chi connectivity index (χ2v) is 8.36. The van der Waals surface area contributed by atoms with E-state index in [0.29, 0.717) is 30.0 Å². The van der Waals surface area contributed by atoms with Crippen LogP contribution in [0.3, 0.4) is 0 Å². The predicted octanol–water partition coefficient (Wildman–Crippen LogP) is 2.43. The molecule has 136 valence electrons. The minimum Gasteiger partial charge on any atom is -0.361 e. The van der Waals surface area contributed by atoms with Gasteiger partial charge in [-0.2, -0.15) is 0 Å². The van der Waals surface area contributed by atoms with Crippen molar-refractivity contribution in [1.82, 2.24) is 10.1 Å². The first-order valence-corrected chi connectivity index (χ1v) is 9.98. The highest BCUT2D eigenvalue weighted by atomic mass is 32.2. The standard InChI is InChI=1S/C18H24N2O4S/c1-5-17-16(14(3)19-24-17)11-25(22,23)12-18(21)20(4)10-15-8-6-13(2)7-9-15/h6-9H,5,10-12H2,1-4H3. The third kappa shape index (κ3) is 5.16. The molecule has 0 bridgehead atoms. The van der Waals surface area contributed by atoms with Crippen molar-refractivity contribution in [3.63, 3.8) is 0 Å². The number of hydrogen-bond acceptors (Lipinski definition) is 5. The number of hydrogen-bond donors (Lipinski definition) is 0. The number of aryl methyl sites for hydroxylation is 3. The fraction of sp³-hybridized carbons (Fsp3) is 0.444. The van der Waals surface area contributed by atoms with Crippen molar-refractivity contribution in [3.05, 3.63) is 52.4 Å². The molecule has 0 aliphatic heterocycles. The maximum Gasteiger partial charge on any atom is 0.237 e. The second-order valence-electron chi connectivity index (χ2n) is 6.29. The number of aromatic nitrogens is 1. The number of carbonyl (C=O) groups excluding carboxylic acids is 1. The Labute approximate surface area is 148 Å². The highest BCUT2D eigenvalue weighted by Gasteiger charge is 2.24. The summed E-state index contributed by atoms with van der Waals surface area (Å²) in [6.45, 7) is 5.94. The summed E-state index contributed by atoms with van der Waals surface area (Å²) < 4.78 is 29.9. The van der Waals surface area contributed by atoms with Crippen molar-refractivity contribution >= 4 is 15.7 Å². The number of rotatable bonds is 7. The second kappa shape index (κ2) is 7.82. The van der Waals surface area contributed by atoms with Gasteiger partial charge in [0, 0.05) is 25.6 Å². The highest BCUT2D eigenvalue weighted by Crippen LogP contribution is 2.18. The van der Waals surface area contributed by atoms with Gasteiger partial charge in [0.25, 0.3) is 0 Å². The third-order valence-electron chi connectivity index (χ3n) is 4.06. The van der Waals surface area contributed by atoms with Crippen molar-refractivity contribution in [3.8, 4) is 0 Å². The summed E-state index contributed by atoms with van der Waals surface area (Å²) in [6.07, 6.45) is 0.562. The van der Waals surface area contributed by atoms with E-state index < -0.39 is 21.5 Å². The Kier molecular flexibility index (Phi) is 6.00. The topological polar surface area (TPSA) is 80.5 Å². The quantitative estimate of drug-likeness (QED) is 0.754. The van der Waals surface area contributed by atoms with Gasteiger partial charge >= 0.3 is 0 Å². The number of nitrogens with zero attached hydrogens (tertiary/aromatic N) is 2.